The van der Waals surface area contributed by atoms with Gasteiger partial charge in [-0.15, -0.1) is 11.6 Å². The number of nitrogens with zero attached hydrogens (tertiary/aromatic N) is 2. The van der Waals surface area contributed by atoms with Crippen molar-refractivity contribution in [1.82, 2.24) is 9.80 Å². The summed E-state index contributed by atoms with van der Waals surface area (Å²) < 4.78 is 0. The first kappa shape index (κ1) is 12.8. The van der Waals surface area contributed by atoms with Crippen molar-refractivity contribution in [1.29, 1.82) is 0 Å². The van der Waals surface area contributed by atoms with Gasteiger partial charge in [0.1, 0.15) is 5.88 Å². The van der Waals surface area contributed by atoms with E-state index in [9.17, 15) is 4.79 Å². The predicted octanol–water partition coefficient (Wildman–Crippen LogP) is 1.56. The molecule has 0 aliphatic carbocycles. The van der Waals surface area contributed by atoms with Crippen molar-refractivity contribution in [2.45, 2.75) is 32.2 Å². The number of likely N-dealkylation sites (tertiary alicyclic amines) is 1. The second-order valence-electron chi connectivity index (χ2n) is 4.20. The highest BCUT2D eigenvalue weighted by molar-refractivity contribution is 6.27. The summed E-state index contributed by atoms with van der Waals surface area (Å²) in [6.07, 6.45) is 3.76. The van der Waals surface area contributed by atoms with Crippen LogP contribution in [0.2, 0.25) is 0 Å². The molecule has 3 nitrogen and oxygen atoms in total. The van der Waals surface area contributed by atoms with Crippen LogP contribution in [0.15, 0.2) is 0 Å². The van der Waals surface area contributed by atoms with Gasteiger partial charge in [0.25, 0.3) is 0 Å². The molecule has 0 aromatic heterocycles. The number of carbonyl (C=O) groups is 1. The number of alkyl halides is 1. The van der Waals surface area contributed by atoms with E-state index in [1.54, 1.807) is 0 Å². The molecule has 1 heterocycles. The average molecular weight is 233 g/mol. The molecule has 1 aliphatic heterocycles. The minimum absolute atomic E-state index is 0.0538. The smallest absolute Gasteiger partial charge is 0.237 e. The molecule has 0 N–H and O–H groups in total. The molecule has 1 saturated heterocycles. The Morgan fingerprint density at radius 1 is 1.53 bits per heavy atom. The average Bonchev–Trinajstić information content (AvgIpc) is 2.27. The predicted molar refractivity (Wildman–Crippen MR) is 63.2 cm³/mol. The minimum atomic E-state index is 0.0538. The molecule has 0 aromatic carbocycles. The molecule has 0 bridgehead atoms. The van der Waals surface area contributed by atoms with Crippen LogP contribution in [0.25, 0.3) is 0 Å². The molecule has 0 spiro atoms. The lowest BCUT2D eigenvalue weighted by atomic mass is 10.0. The van der Waals surface area contributed by atoms with Crippen LogP contribution in [-0.4, -0.2) is 54.3 Å². The van der Waals surface area contributed by atoms with Gasteiger partial charge in [-0.25, -0.2) is 0 Å². The van der Waals surface area contributed by atoms with Crippen molar-refractivity contribution in [3.8, 4) is 0 Å². The lowest BCUT2D eigenvalue weighted by Crippen LogP contribution is -2.46. The number of hydrogen-bond donors (Lipinski definition) is 0. The standard InChI is InChI=1S/C11H21ClN2O/c1-3-14(11(15)8-12)9-10-6-4-5-7-13(10)2/h10H,3-9H2,1-2H3/t10-/m0/s1. The first-order valence-corrected chi connectivity index (χ1v) is 6.26. The van der Waals surface area contributed by atoms with Gasteiger partial charge < -0.3 is 9.80 Å². The number of rotatable bonds is 4. The Morgan fingerprint density at radius 3 is 2.80 bits per heavy atom. The summed E-state index contributed by atoms with van der Waals surface area (Å²) >= 11 is 5.57. The van der Waals surface area contributed by atoms with Gasteiger partial charge in [0, 0.05) is 19.1 Å². The van der Waals surface area contributed by atoms with E-state index in [0.29, 0.717) is 6.04 Å². The van der Waals surface area contributed by atoms with E-state index in [2.05, 4.69) is 11.9 Å². The highest BCUT2D eigenvalue weighted by Gasteiger charge is 2.22. The Labute approximate surface area is 97.4 Å². The third kappa shape index (κ3) is 3.65. The Kier molecular flexibility index (Phi) is 5.40. The maximum absolute atomic E-state index is 11.5. The number of piperidine rings is 1. The molecule has 0 aromatic rings. The summed E-state index contributed by atoms with van der Waals surface area (Å²) in [6, 6.07) is 0.519. The molecular formula is C11H21ClN2O. The molecule has 4 heteroatoms. The van der Waals surface area contributed by atoms with E-state index in [1.807, 2.05) is 11.8 Å². The summed E-state index contributed by atoms with van der Waals surface area (Å²) in [7, 11) is 2.14. The van der Waals surface area contributed by atoms with Crippen LogP contribution in [0.1, 0.15) is 26.2 Å². The number of amides is 1. The quantitative estimate of drug-likeness (QED) is 0.687. The van der Waals surface area contributed by atoms with Crippen molar-refractivity contribution in [2.75, 3.05) is 32.6 Å². The van der Waals surface area contributed by atoms with Gasteiger partial charge in [-0.1, -0.05) is 6.42 Å². The van der Waals surface area contributed by atoms with Gasteiger partial charge in [0.05, 0.1) is 0 Å². The van der Waals surface area contributed by atoms with Crippen LogP contribution in [0.5, 0.6) is 0 Å². The van der Waals surface area contributed by atoms with Crippen molar-refractivity contribution in [3.63, 3.8) is 0 Å². The van der Waals surface area contributed by atoms with E-state index >= 15 is 0 Å². The van der Waals surface area contributed by atoms with Crippen molar-refractivity contribution in [2.24, 2.45) is 0 Å². The van der Waals surface area contributed by atoms with E-state index in [4.69, 9.17) is 11.6 Å². The zero-order valence-electron chi connectivity index (χ0n) is 9.71. The molecule has 1 fully saturated rings. The Bertz CT molecular complexity index is 211. The molecule has 88 valence electrons. The van der Waals surface area contributed by atoms with E-state index in [-0.39, 0.29) is 11.8 Å². The Balaban J connectivity index is 2.46. The Hall–Kier alpha value is -0.280. The van der Waals surface area contributed by atoms with Crippen LogP contribution in [-0.2, 0) is 4.79 Å². The summed E-state index contributed by atoms with van der Waals surface area (Å²) in [5, 5.41) is 0. The van der Waals surface area contributed by atoms with Crippen LogP contribution < -0.4 is 0 Å². The van der Waals surface area contributed by atoms with Gasteiger partial charge in [0.2, 0.25) is 5.91 Å². The molecule has 1 aliphatic rings. The van der Waals surface area contributed by atoms with Crippen molar-refractivity contribution in [3.05, 3.63) is 0 Å². The maximum Gasteiger partial charge on any atom is 0.237 e. The van der Waals surface area contributed by atoms with Gasteiger partial charge >= 0.3 is 0 Å². The molecule has 15 heavy (non-hydrogen) atoms. The second-order valence-corrected chi connectivity index (χ2v) is 4.46. The topological polar surface area (TPSA) is 23.6 Å². The molecule has 0 radical (unpaired) electrons. The van der Waals surface area contributed by atoms with Crippen LogP contribution in [0, 0.1) is 0 Å². The number of hydrogen-bond acceptors (Lipinski definition) is 2. The third-order valence-corrected chi connectivity index (χ3v) is 3.43. The maximum atomic E-state index is 11.5. The second kappa shape index (κ2) is 6.33. The zero-order chi connectivity index (χ0) is 11.3. The monoisotopic (exact) mass is 232 g/mol. The van der Waals surface area contributed by atoms with Gasteiger partial charge in [-0.2, -0.15) is 0 Å². The SMILES string of the molecule is CCN(C[C@@H]1CCCCN1C)C(=O)CCl. The largest absolute Gasteiger partial charge is 0.340 e. The van der Waals surface area contributed by atoms with E-state index < -0.39 is 0 Å². The van der Waals surface area contributed by atoms with Crippen LogP contribution >= 0.6 is 11.6 Å². The fourth-order valence-corrected chi connectivity index (χ4v) is 2.29. The van der Waals surface area contributed by atoms with Gasteiger partial charge in [-0.05, 0) is 33.4 Å². The molecule has 0 saturated carbocycles. The van der Waals surface area contributed by atoms with Gasteiger partial charge in [0.15, 0.2) is 0 Å². The number of halogens is 1. The highest BCUT2D eigenvalue weighted by Crippen LogP contribution is 2.16. The van der Waals surface area contributed by atoms with Gasteiger partial charge in [-0.3, -0.25) is 4.79 Å². The summed E-state index contributed by atoms with van der Waals surface area (Å²) in [5.41, 5.74) is 0. The summed E-state index contributed by atoms with van der Waals surface area (Å²) in [5.74, 6) is 0.155. The normalized spacial score (nSPS) is 22.7. The molecule has 0 unspecified atom stereocenters. The van der Waals surface area contributed by atoms with Crippen molar-refractivity contribution < 1.29 is 4.79 Å². The molecule has 1 amide bonds. The fourth-order valence-electron chi connectivity index (χ4n) is 2.12. The fraction of sp³-hybridized carbons (Fsp3) is 0.909. The third-order valence-electron chi connectivity index (χ3n) is 3.20. The number of carbonyl (C=O) groups excluding carboxylic acids is 1. The minimum Gasteiger partial charge on any atom is -0.340 e. The number of likely N-dealkylation sites (N-methyl/N-ethyl adjacent to an activating group) is 2. The molecule has 1 atom stereocenters. The van der Waals surface area contributed by atoms with Crippen LogP contribution in [0.3, 0.4) is 0 Å². The lowest BCUT2D eigenvalue weighted by molar-refractivity contribution is -0.129. The van der Waals surface area contributed by atoms with E-state index in [0.717, 1.165) is 19.6 Å². The Morgan fingerprint density at radius 2 is 2.27 bits per heavy atom. The zero-order valence-corrected chi connectivity index (χ0v) is 10.5. The lowest BCUT2D eigenvalue weighted by Gasteiger charge is -2.35. The first-order valence-electron chi connectivity index (χ1n) is 5.73. The molecular weight excluding hydrogens is 212 g/mol. The summed E-state index contributed by atoms with van der Waals surface area (Å²) in [6.45, 7) is 4.75. The van der Waals surface area contributed by atoms with Crippen LogP contribution in [0.4, 0.5) is 0 Å². The highest BCUT2D eigenvalue weighted by atomic mass is 35.5. The molecule has 1 rings (SSSR count). The van der Waals surface area contributed by atoms with E-state index in [1.165, 1.54) is 19.3 Å². The summed E-state index contributed by atoms with van der Waals surface area (Å²) in [4.78, 5) is 15.7. The van der Waals surface area contributed by atoms with Crippen molar-refractivity contribution >= 4 is 17.5 Å². The first-order chi connectivity index (χ1) is 7.19.